The number of hydrogen-bond acceptors (Lipinski definition) is 5. The SMILES string of the molecule is CS(=O)(=O)c1ccc2c(c1Cl)CN([C@H]1CO[C@H](c3cc(F)ccc3F)[C@@H](N)C1)C2. The summed E-state index contributed by atoms with van der Waals surface area (Å²) in [5.41, 5.74) is 8.14. The van der Waals surface area contributed by atoms with Gasteiger partial charge in [0.25, 0.3) is 0 Å². The lowest BCUT2D eigenvalue weighted by Gasteiger charge is -2.38. The molecule has 0 amide bonds. The topological polar surface area (TPSA) is 72.6 Å². The lowest BCUT2D eigenvalue weighted by atomic mass is 9.93. The molecule has 2 heterocycles. The maximum absolute atomic E-state index is 14.1. The highest BCUT2D eigenvalue weighted by atomic mass is 35.5. The first-order valence-corrected chi connectivity index (χ1v) is 11.5. The summed E-state index contributed by atoms with van der Waals surface area (Å²) in [4.78, 5) is 2.25. The fourth-order valence-electron chi connectivity index (χ4n) is 4.13. The van der Waals surface area contributed by atoms with Crippen LogP contribution in [-0.2, 0) is 27.7 Å². The number of nitrogens with two attached hydrogens (primary N) is 1. The molecule has 0 aliphatic carbocycles. The summed E-state index contributed by atoms with van der Waals surface area (Å²) in [6.45, 7) is 1.38. The molecular weight excluding hydrogens is 422 g/mol. The number of rotatable bonds is 3. The van der Waals surface area contributed by atoms with Crippen molar-refractivity contribution in [1.29, 1.82) is 0 Å². The Kier molecular flexibility index (Phi) is 5.41. The molecule has 3 atom stereocenters. The van der Waals surface area contributed by atoms with Gasteiger partial charge in [-0.15, -0.1) is 0 Å². The Labute approximate surface area is 173 Å². The molecule has 2 aromatic carbocycles. The van der Waals surface area contributed by atoms with E-state index in [0.29, 0.717) is 26.1 Å². The zero-order valence-electron chi connectivity index (χ0n) is 15.7. The van der Waals surface area contributed by atoms with Crippen LogP contribution in [0, 0.1) is 11.6 Å². The van der Waals surface area contributed by atoms with Crippen molar-refractivity contribution in [2.75, 3.05) is 12.9 Å². The van der Waals surface area contributed by atoms with Crippen molar-refractivity contribution in [3.8, 4) is 0 Å². The van der Waals surface area contributed by atoms with Crippen LogP contribution in [0.15, 0.2) is 35.2 Å². The summed E-state index contributed by atoms with van der Waals surface area (Å²) < 4.78 is 57.3. The van der Waals surface area contributed by atoms with Gasteiger partial charge in [0.2, 0.25) is 0 Å². The van der Waals surface area contributed by atoms with Crippen LogP contribution < -0.4 is 5.73 Å². The van der Waals surface area contributed by atoms with Gasteiger partial charge < -0.3 is 10.5 Å². The Bertz CT molecular complexity index is 1060. The van der Waals surface area contributed by atoms with E-state index in [1.807, 2.05) is 0 Å². The van der Waals surface area contributed by atoms with E-state index >= 15 is 0 Å². The van der Waals surface area contributed by atoms with Crippen molar-refractivity contribution >= 4 is 21.4 Å². The molecule has 4 rings (SSSR count). The maximum atomic E-state index is 14.1. The van der Waals surface area contributed by atoms with Crippen molar-refractivity contribution < 1.29 is 21.9 Å². The third-order valence-corrected chi connectivity index (χ3v) is 7.30. The van der Waals surface area contributed by atoms with Crippen LogP contribution in [0.5, 0.6) is 0 Å². The lowest BCUT2D eigenvalue weighted by molar-refractivity contribution is -0.0531. The van der Waals surface area contributed by atoms with Crippen molar-refractivity contribution in [3.63, 3.8) is 0 Å². The lowest BCUT2D eigenvalue weighted by Crippen LogP contribution is -2.47. The predicted molar refractivity (Wildman–Crippen MR) is 105 cm³/mol. The number of ether oxygens (including phenoxy) is 1. The number of sulfone groups is 1. The standard InChI is InChI=1S/C20H21ClF2N2O3S/c1-29(26,27)18-5-2-11-8-25(9-15(11)19(18)21)13-7-17(24)20(28-10-13)14-6-12(22)3-4-16(14)23/h2-6,13,17,20H,7-10,24H2,1H3/t13-,17+,20-/m1/s1. The zero-order chi connectivity index (χ0) is 20.9. The largest absolute Gasteiger partial charge is 0.370 e. The molecule has 9 heteroatoms. The average molecular weight is 443 g/mol. The molecule has 0 aromatic heterocycles. The van der Waals surface area contributed by atoms with Crippen LogP contribution in [0.4, 0.5) is 8.78 Å². The van der Waals surface area contributed by atoms with Crippen molar-refractivity contribution in [3.05, 3.63) is 63.7 Å². The van der Waals surface area contributed by atoms with Crippen molar-refractivity contribution in [2.45, 2.75) is 42.6 Å². The molecule has 0 bridgehead atoms. The van der Waals surface area contributed by atoms with Gasteiger partial charge in [-0.1, -0.05) is 17.7 Å². The summed E-state index contributed by atoms with van der Waals surface area (Å²) in [6.07, 6.45) is 0.949. The molecule has 2 aliphatic rings. The van der Waals surface area contributed by atoms with Gasteiger partial charge in [0, 0.05) is 37.0 Å². The quantitative estimate of drug-likeness (QED) is 0.790. The Morgan fingerprint density at radius 1 is 1.21 bits per heavy atom. The summed E-state index contributed by atoms with van der Waals surface area (Å²) in [5.74, 6) is -1.08. The van der Waals surface area contributed by atoms with Gasteiger partial charge in [-0.05, 0) is 41.8 Å². The fraction of sp³-hybridized carbons (Fsp3) is 0.400. The minimum Gasteiger partial charge on any atom is -0.370 e. The molecule has 0 spiro atoms. The fourth-order valence-corrected chi connectivity index (χ4v) is 5.56. The highest BCUT2D eigenvalue weighted by molar-refractivity contribution is 7.90. The average Bonchev–Trinajstić information content (AvgIpc) is 3.08. The summed E-state index contributed by atoms with van der Waals surface area (Å²) in [6, 6.07) is 6.03. The molecule has 29 heavy (non-hydrogen) atoms. The number of halogens is 3. The molecule has 156 valence electrons. The molecule has 1 saturated heterocycles. The molecule has 0 unspecified atom stereocenters. The molecule has 2 N–H and O–H groups in total. The van der Waals surface area contributed by atoms with Crippen LogP contribution >= 0.6 is 11.6 Å². The van der Waals surface area contributed by atoms with Gasteiger partial charge >= 0.3 is 0 Å². The van der Waals surface area contributed by atoms with E-state index in [0.717, 1.165) is 35.6 Å². The van der Waals surface area contributed by atoms with E-state index in [9.17, 15) is 17.2 Å². The second-order valence-electron chi connectivity index (χ2n) is 7.67. The number of benzene rings is 2. The smallest absolute Gasteiger partial charge is 0.177 e. The Balaban J connectivity index is 1.50. The summed E-state index contributed by atoms with van der Waals surface area (Å²) >= 11 is 6.37. The molecule has 0 saturated carbocycles. The van der Waals surface area contributed by atoms with E-state index in [1.165, 1.54) is 6.07 Å². The third-order valence-electron chi connectivity index (χ3n) is 5.62. The minimum absolute atomic E-state index is 0.0389. The number of fused-ring (bicyclic) bond motifs is 1. The second kappa shape index (κ2) is 7.59. The van der Waals surface area contributed by atoms with E-state index in [4.69, 9.17) is 22.1 Å². The van der Waals surface area contributed by atoms with Gasteiger partial charge in [-0.3, -0.25) is 4.90 Å². The van der Waals surface area contributed by atoms with Gasteiger partial charge in [-0.2, -0.15) is 0 Å². The Morgan fingerprint density at radius 2 is 1.97 bits per heavy atom. The van der Waals surface area contributed by atoms with Crippen molar-refractivity contribution in [1.82, 2.24) is 4.90 Å². The first-order valence-electron chi connectivity index (χ1n) is 9.21. The number of nitrogens with zero attached hydrogens (tertiary/aromatic N) is 1. The van der Waals surface area contributed by atoms with Crippen LogP contribution in [0.25, 0.3) is 0 Å². The van der Waals surface area contributed by atoms with Gasteiger partial charge in [-0.25, -0.2) is 17.2 Å². The zero-order valence-corrected chi connectivity index (χ0v) is 17.3. The molecule has 2 aliphatic heterocycles. The molecular formula is C20H21ClF2N2O3S. The number of hydrogen-bond donors (Lipinski definition) is 1. The van der Waals surface area contributed by atoms with Crippen LogP contribution in [0.1, 0.15) is 29.2 Å². The summed E-state index contributed by atoms with van der Waals surface area (Å²) in [7, 11) is -3.41. The predicted octanol–water partition coefficient (Wildman–Crippen LogP) is 3.19. The van der Waals surface area contributed by atoms with Crippen LogP contribution in [0.3, 0.4) is 0 Å². The molecule has 0 radical (unpaired) electrons. The van der Waals surface area contributed by atoms with E-state index in [2.05, 4.69) is 4.90 Å². The maximum Gasteiger partial charge on any atom is 0.177 e. The highest BCUT2D eigenvalue weighted by Crippen LogP contribution is 2.38. The molecule has 5 nitrogen and oxygen atoms in total. The summed E-state index contributed by atoms with van der Waals surface area (Å²) in [5, 5.41) is 0.258. The molecule has 2 aromatic rings. The van der Waals surface area contributed by atoms with E-state index in [-0.39, 0.29) is 21.5 Å². The second-order valence-corrected chi connectivity index (χ2v) is 10.0. The van der Waals surface area contributed by atoms with Gasteiger partial charge in [0.15, 0.2) is 9.84 Å². The van der Waals surface area contributed by atoms with Crippen molar-refractivity contribution in [2.24, 2.45) is 5.73 Å². The Hall–Kier alpha value is -1.58. The molecule has 1 fully saturated rings. The first kappa shape index (κ1) is 20.7. The Morgan fingerprint density at radius 3 is 2.66 bits per heavy atom. The third kappa shape index (κ3) is 3.92. The normalized spacial score (nSPS) is 25.2. The van der Waals surface area contributed by atoms with E-state index < -0.39 is 33.6 Å². The monoisotopic (exact) mass is 442 g/mol. The van der Waals surface area contributed by atoms with Crippen LogP contribution in [-0.4, -0.2) is 38.3 Å². The minimum atomic E-state index is -3.41. The van der Waals surface area contributed by atoms with E-state index in [1.54, 1.807) is 6.07 Å². The first-order chi connectivity index (χ1) is 13.6. The highest BCUT2D eigenvalue weighted by Gasteiger charge is 2.37. The van der Waals surface area contributed by atoms with Crippen LogP contribution in [0.2, 0.25) is 5.02 Å². The van der Waals surface area contributed by atoms with Gasteiger partial charge in [0.1, 0.15) is 17.7 Å². The van der Waals surface area contributed by atoms with Gasteiger partial charge in [0.05, 0.1) is 16.5 Å².